The van der Waals surface area contributed by atoms with Crippen molar-refractivity contribution >= 4 is 34.8 Å². The van der Waals surface area contributed by atoms with E-state index in [0.717, 1.165) is 26.1 Å². The van der Waals surface area contributed by atoms with Crippen LogP contribution in [0.1, 0.15) is 75.2 Å². The van der Waals surface area contributed by atoms with Crippen LogP contribution >= 0.6 is 34.8 Å². The molecule has 3 nitrogen and oxygen atoms in total. The predicted octanol–water partition coefficient (Wildman–Crippen LogP) is 6.90. The summed E-state index contributed by atoms with van der Waals surface area (Å²) in [6.45, 7) is 20.5. The van der Waals surface area contributed by atoms with Crippen LogP contribution in [0.5, 0.6) is 0 Å². The third-order valence-corrected chi connectivity index (χ3v) is 2.93. The van der Waals surface area contributed by atoms with Crippen LogP contribution in [-0.2, 0) is 14.2 Å². The Morgan fingerprint density at radius 1 is 0.462 bits per heavy atom. The van der Waals surface area contributed by atoms with E-state index in [1.54, 1.807) is 0 Å². The molecule has 0 aromatic rings. The predicted molar refractivity (Wildman–Crippen MR) is 119 cm³/mol. The Hall–Kier alpha value is 0.750. The van der Waals surface area contributed by atoms with Gasteiger partial charge in [-0.15, -0.1) is 34.8 Å². The van der Waals surface area contributed by atoms with E-state index in [1.165, 1.54) is 0 Å². The van der Waals surface area contributed by atoms with Gasteiger partial charge in [-0.2, -0.15) is 0 Å². The second-order valence-corrected chi connectivity index (χ2v) is 9.79. The molecule has 0 fully saturated rings. The Bertz CT molecular complexity index is 259. The maximum absolute atomic E-state index is 5.45. The fourth-order valence-corrected chi connectivity index (χ4v) is 1.51. The van der Waals surface area contributed by atoms with E-state index in [-0.39, 0.29) is 16.8 Å². The van der Waals surface area contributed by atoms with Crippen molar-refractivity contribution in [3.63, 3.8) is 0 Å². The molecule has 0 spiro atoms. The molecule has 0 aliphatic carbocycles. The normalized spacial score (nSPS) is 12.0. The average molecular weight is 438 g/mol. The van der Waals surface area contributed by atoms with E-state index >= 15 is 0 Å². The highest BCUT2D eigenvalue weighted by Gasteiger charge is 2.09. The van der Waals surface area contributed by atoms with Crippen LogP contribution in [0.15, 0.2) is 0 Å². The topological polar surface area (TPSA) is 27.7 Å². The molecule has 0 heterocycles. The fraction of sp³-hybridized carbons (Fsp3) is 1.00. The van der Waals surface area contributed by atoms with E-state index in [9.17, 15) is 0 Å². The molecule has 0 radical (unpaired) electrons. The van der Waals surface area contributed by atoms with Crippen LogP contribution in [0.3, 0.4) is 0 Å². The van der Waals surface area contributed by atoms with Gasteiger partial charge in [0.15, 0.2) is 0 Å². The molecule has 0 amide bonds. The van der Waals surface area contributed by atoms with Crippen molar-refractivity contribution in [1.82, 2.24) is 0 Å². The maximum Gasteiger partial charge on any atom is 0.0608 e. The average Bonchev–Trinajstić information content (AvgIpc) is 2.44. The molecule has 0 aliphatic rings. The molecule has 0 rings (SSSR count). The van der Waals surface area contributed by atoms with Crippen LogP contribution in [0, 0.1) is 0 Å². The molecular weight excluding hydrogens is 395 g/mol. The molecule has 0 saturated carbocycles. The van der Waals surface area contributed by atoms with Gasteiger partial charge in [-0.05, 0) is 75.2 Å². The standard InChI is InChI=1S/2C7H15ClO.C6H13ClO/c2*1-7(2,3)9-6-4-5-8;1-6(2,3)8-5-4-7/h2*4-6H2,1-3H3;4-5H2,1-3H3. The monoisotopic (exact) mass is 436 g/mol. The summed E-state index contributed by atoms with van der Waals surface area (Å²) < 4.78 is 16.0. The van der Waals surface area contributed by atoms with Crippen molar-refractivity contribution in [1.29, 1.82) is 0 Å². The lowest BCUT2D eigenvalue weighted by Crippen LogP contribution is -2.20. The maximum atomic E-state index is 5.45. The first-order valence-electron chi connectivity index (χ1n) is 9.28. The van der Waals surface area contributed by atoms with E-state index in [4.69, 9.17) is 49.0 Å². The van der Waals surface area contributed by atoms with Gasteiger partial charge >= 0.3 is 0 Å². The molecule has 0 atom stereocenters. The molecule has 162 valence electrons. The van der Waals surface area contributed by atoms with Crippen molar-refractivity contribution in [3.8, 4) is 0 Å². The fourth-order valence-electron chi connectivity index (χ4n) is 1.21. The lowest BCUT2D eigenvalue weighted by molar-refractivity contribution is -0.00243. The minimum absolute atomic E-state index is 0.00788. The summed E-state index contributed by atoms with van der Waals surface area (Å²) in [6, 6.07) is 0. The van der Waals surface area contributed by atoms with Crippen LogP contribution in [0.4, 0.5) is 0 Å². The Balaban J connectivity index is -0.000000306. The third-order valence-electron chi connectivity index (χ3n) is 2.24. The summed E-state index contributed by atoms with van der Waals surface area (Å²) in [6.07, 6.45) is 1.89. The third kappa shape index (κ3) is 44.3. The van der Waals surface area contributed by atoms with Crippen LogP contribution in [0.25, 0.3) is 0 Å². The van der Waals surface area contributed by atoms with Gasteiger partial charge in [0.2, 0.25) is 0 Å². The highest BCUT2D eigenvalue weighted by Crippen LogP contribution is 2.07. The number of hydrogen-bond acceptors (Lipinski definition) is 3. The first kappa shape index (κ1) is 31.4. The van der Waals surface area contributed by atoms with Gasteiger partial charge in [0.1, 0.15) is 0 Å². The molecular formula is C20H43Cl3O3. The Labute approximate surface area is 178 Å². The molecule has 26 heavy (non-hydrogen) atoms. The smallest absolute Gasteiger partial charge is 0.0608 e. The van der Waals surface area contributed by atoms with E-state index < -0.39 is 0 Å². The summed E-state index contributed by atoms with van der Waals surface area (Å²) in [5.41, 5.74) is -0.0486. The summed E-state index contributed by atoms with van der Waals surface area (Å²) in [5, 5.41) is 0. The van der Waals surface area contributed by atoms with Gasteiger partial charge in [0.05, 0.1) is 23.4 Å². The lowest BCUT2D eigenvalue weighted by atomic mass is 10.2. The zero-order valence-electron chi connectivity index (χ0n) is 18.5. The molecule has 0 aliphatic heterocycles. The number of alkyl halides is 3. The summed E-state index contributed by atoms with van der Waals surface area (Å²) in [7, 11) is 0. The van der Waals surface area contributed by atoms with Crippen molar-refractivity contribution in [2.45, 2.75) is 92.0 Å². The van der Waals surface area contributed by atoms with Gasteiger partial charge in [-0.1, -0.05) is 0 Å². The molecule has 0 N–H and O–H groups in total. The number of ether oxygens (including phenoxy) is 3. The van der Waals surface area contributed by atoms with Gasteiger partial charge in [-0.25, -0.2) is 0 Å². The molecule has 0 unspecified atom stereocenters. The Morgan fingerprint density at radius 2 is 0.731 bits per heavy atom. The molecule has 0 aromatic carbocycles. The minimum Gasteiger partial charge on any atom is -0.376 e. The van der Waals surface area contributed by atoms with Gasteiger partial charge in [0, 0.05) is 30.9 Å². The van der Waals surface area contributed by atoms with Gasteiger partial charge < -0.3 is 14.2 Å². The van der Waals surface area contributed by atoms with E-state index in [2.05, 4.69) is 0 Å². The Morgan fingerprint density at radius 3 is 0.885 bits per heavy atom. The van der Waals surface area contributed by atoms with Crippen LogP contribution in [0.2, 0.25) is 0 Å². The van der Waals surface area contributed by atoms with E-state index in [0.29, 0.717) is 24.2 Å². The summed E-state index contributed by atoms with van der Waals surface area (Å²) in [5.74, 6) is 1.96. The zero-order valence-corrected chi connectivity index (χ0v) is 20.8. The van der Waals surface area contributed by atoms with Crippen LogP contribution in [-0.4, -0.2) is 54.3 Å². The van der Waals surface area contributed by atoms with Crippen molar-refractivity contribution < 1.29 is 14.2 Å². The van der Waals surface area contributed by atoms with E-state index in [1.807, 2.05) is 62.3 Å². The van der Waals surface area contributed by atoms with Crippen molar-refractivity contribution in [3.05, 3.63) is 0 Å². The van der Waals surface area contributed by atoms with Gasteiger partial charge in [0.25, 0.3) is 0 Å². The second kappa shape index (κ2) is 17.8. The zero-order chi connectivity index (χ0) is 21.3. The second-order valence-electron chi connectivity index (χ2n) is 8.66. The Kier molecular flexibility index (Phi) is 21.6. The minimum atomic E-state index is -0.0328. The first-order chi connectivity index (χ1) is 11.7. The summed E-state index contributed by atoms with van der Waals surface area (Å²) in [4.78, 5) is 0. The molecule has 0 bridgehead atoms. The molecule has 0 saturated heterocycles. The van der Waals surface area contributed by atoms with Gasteiger partial charge in [-0.3, -0.25) is 0 Å². The number of hydrogen-bond donors (Lipinski definition) is 0. The quantitative estimate of drug-likeness (QED) is 0.305. The van der Waals surface area contributed by atoms with Crippen molar-refractivity contribution in [2.24, 2.45) is 0 Å². The number of rotatable bonds is 8. The number of halogens is 3. The van der Waals surface area contributed by atoms with Crippen molar-refractivity contribution in [2.75, 3.05) is 37.5 Å². The van der Waals surface area contributed by atoms with Crippen LogP contribution < -0.4 is 0 Å². The largest absolute Gasteiger partial charge is 0.376 e. The lowest BCUT2D eigenvalue weighted by Gasteiger charge is -2.18. The molecule has 0 aromatic heterocycles. The summed E-state index contributed by atoms with van der Waals surface area (Å²) >= 11 is 16.3. The highest BCUT2D eigenvalue weighted by molar-refractivity contribution is 6.18. The first-order valence-corrected chi connectivity index (χ1v) is 10.9. The molecule has 6 heteroatoms. The highest BCUT2D eigenvalue weighted by atomic mass is 35.5. The SMILES string of the molecule is CC(C)(C)OCCCCl.CC(C)(C)OCCCCl.CC(C)(C)OCCCl.